The van der Waals surface area contributed by atoms with Gasteiger partial charge in [0.2, 0.25) is 15.9 Å². The van der Waals surface area contributed by atoms with Gasteiger partial charge in [-0.05, 0) is 29.3 Å². The molecule has 0 aliphatic heterocycles. The Kier molecular flexibility index (Phi) is 7.69. The number of benzene rings is 2. The average molecular weight is 453 g/mol. The second kappa shape index (κ2) is 10.7. The van der Waals surface area contributed by atoms with Gasteiger partial charge in [0.05, 0.1) is 24.1 Å². The first-order valence-electron chi connectivity index (χ1n) is 9.88. The van der Waals surface area contributed by atoms with Crippen molar-refractivity contribution >= 4 is 27.5 Å². The van der Waals surface area contributed by atoms with Crippen LogP contribution < -0.4 is 10.6 Å². The number of hydrogen-bond donors (Lipinski definition) is 2. The first-order valence-corrected chi connectivity index (χ1v) is 11.7. The Morgan fingerprint density at radius 2 is 1.62 bits per heavy atom. The van der Waals surface area contributed by atoms with Gasteiger partial charge in [-0.1, -0.05) is 48.5 Å². The summed E-state index contributed by atoms with van der Waals surface area (Å²) in [6.45, 7) is -0.0202. The molecule has 0 atom stereocenters. The minimum atomic E-state index is -3.63. The SMILES string of the molecule is CS(=O)(=O)N(CC(=O)Nc1ccccc1C(=O)NCc1cccnc1)Cc1ccccc1. The van der Waals surface area contributed by atoms with Gasteiger partial charge in [0.25, 0.3) is 5.91 Å². The summed E-state index contributed by atoms with van der Waals surface area (Å²) < 4.78 is 25.5. The maximum absolute atomic E-state index is 12.7. The molecular weight excluding hydrogens is 428 g/mol. The minimum absolute atomic E-state index is 0.0698. The molecule has 0 bridgehead atoms. The van der Waals surface area contributed by atoms with Crippen molar-refractivity contribution in [3.63, 3.8) is 0 Å². The van der Waals surface area contributed by atoms with E-state index in [9.17, 15) is 18.0 Å². The smallest absolute Gasteiger partial charge is 0.253 e. The zero-order valence-corrected chi connectivity index (χ0v) is 18.4. The topological polar surface area (TPSA) is 108 Å². The van der Waals surface area contributed by atoms with Crippen molar-refractivity contribution < 1.29 is 18.0 Å². The molecule has 0 fully saturated rings. The molecule has 166 valence electrons. The molecule has 2 amide bonds. The van der Waals surface area contributed by atoms with Gasteiger partial charge in [0, 0.05) is 25.5 Å². The van der Waals surface area contributed by atoms with Crippen LogP contribution in [-0.4, -0.2) is 42.3 Å². The molecular formula is C23H24N4O4S. The number of hydrogen-bond acceptors (Lipinski definition) is 5. The summed E-state index contributed by atoms with van der Waals surface area (Å²) in [6.07, 6.45) is 4.36. The van der Waals surface area contributed by atoms with Crippen LogP contribution in [0.5, 0.6) is 0 Å². The highest BCUT2D eigenvalue weighted by atomic mass is 32.2. The van der Waals surface area contributed by atoms with Crippen LogP contribution in [-0.2, 0) is 27.9 Å². The normalized spacial score (nSPS) is 11.2. The standard InChI is InChI=1S/C23H24N4O4S/c1-32(30,31)27(16-18-8-3-2-4-9-18)17-22(28)26-21-12-6-5-11-20(21)23(29)25-15-19-10-7-13-24-14-19/h2-14H,15-17H2,1H3,(H,25,29)(H,26,28). The molecule has 0 radical (unpaired) electrons. The van der Waals surface area contributed by atoms with E-state index in [1.54, 1.807) is 67.0 Å². The van der Waals surface area contributed by atoms with E-state index in [1.807, 2.05) is 12.1 Å². The third-order valence-electron chi connectivity index (χ3n) is 4.61. The summed E-state index contributed by atoms with van der Waals surface area (Å²) in [5.41, 5.74) is 2.18. The fraction of sp³-hybridized carbons (Fsp3) is 0.174. The maximum Gasteiger partial charge on any atom is 0.253 e. The lowest BCUT2D eigenvalue weighted by molar-refractivity contribution is -0.116. The molecule has 2 N–H and O–H groups in total. The Labute approximate surface area is 187 Å². The van der Waals surface area contributed by atoms with Crippen molar-refractivity contribution in [1.29, 1.82) is 0 Å². The lowest BCUT2D eigenvalue weighted by atomic mass is 10.1. The number of sulfonamides is 1. The van der Waals surface area contributed by atoms with Crippen LogP contribution in [0.1, 0.15) is 21.5 Å². The number of amides is 2. The number of nitrogens with zero attached hydrogens (tertiary/aromatic N) is 2. The number of rotatable bonds is 9. The van der Waals surface area contributed by atoms with E-state index in [0.29, 0.717) is 5.69 Å². The maximum atomic E-state index is 12.7. The quantitative estimate of drug-likeness (QED) is 0.518. The van der Waals surface area contributed by atoms with E-state index in [0.717, 1.165) is 21.7 Å². The Hall–Kier alpha value is -3.56. The highest BCUT2D eigenvalue weighted by Gasteiger charge is 2.21. The molecule has 3 rings (SSSR count). The molecule has 1 aromatic heterocycles. The van der Waals surface area contributed by atoms with E-state index in [2.05, 4.69) is 15.6 Å². The summed E-state index contributed by atoms with van der Waals surface area (Å²) in [7, 11) is -3.63. The molecule has 0 aliphatic rings. The van der Waals surface area contributed by atoms with Crippen molar-refractivity contribution in [2.75, 3.05) is 18.1 Å². The molecule has 9 heteroatoms. The van der Waals surface area contributed by atoms with Gasteiger partial charge in [0.15, 0.2) is 0 Å². The number of nitrogens with one attached hydrogen (secondary N) is 2. The summed E-state index contributed by atoms with van der Waals surface area (Å²) in [5.74, 6) is -0.909. The van der Waals surface area contributed by atoms with Gasteiger partial charge in [-0.15, -0.1) is 0 Å². The predicted molar refractivity (Wildman–Crippen MR) is 122 cm³/mol. The number of aromatic nitrogens is 1. The number of pyridine rings is 1. The third kappa shape index (κ3) is 6.73. The third-order valence-corrected chi connectivity index (χ3v) is 5.81. The molecule has 0 spiro atoms. The van der Waals surface area contributed by atoms with E-state index in [1.165, 1.54) is 0 Å². The van der Waals surface area contributed by atoms with Gasteiger partial charge in [-0.3, -0.25) is 14.6 Å². The summed E-state index contributed by atoms with van der Waals surface area (Å²) in [4.78, 5) is 29.3. The zero-order chi connectivity index (χ0) is 23.0. The lowest BCUT2D eigenvalue weighted by Gasteiger charge is -2.20. The van der Waals surface area contributed by atoms with Gasteiger partial charge >= 0.3 is 0 Å². The van der Waals surface area contributed by atoms with E-state index in [-0.39, 0.29) is 31.1 Å². The predicted octanol–water partition coefficient (Wildman–Crippen LogP) is 2.41. The van der Waals surface area contributed by atoms with Gasteiger partial charge in [0.1, 0.15) is 0 Å². The van der Waals surface area contributed by atoms with Crippen molar-refractivity contribution in [2.45, 2.75) is 13.1 Å². The molecule has 8 nitrogen and oxygen atoms in total. The monoisotopic (exact) mass is 452 g/mol. The lowest BCUT2D eigenvalue weighted by Crippen LogP contribution is -2.37. The molecule has 0 aliphatic carbocycles. The molecule has 32 heavy (non-hydrogen) atoms. The van der Waals surface area contributed by atoms with E-state index in [4.69, 9.17) is 0 Å². The summed E-state index contributed by atoms with van der Waals surface area (Å²) >= 11 is 0. The van der Waals surface area contributed by atoms with Crippen molar-refractivity contribution in [3.8, 4) is 0 Å². The Morgan fingerprint density at radius 1 is 0.938 bits per heavy atom. The Morgan fingerprint density at radius 3 is 2.31 bits per heavy atom. The number of carbonyl (C=O) groups excluding carboxylic acids is 2. The second-order valence-corrected chi connectivity index (χ2v) is 9.14. The Balaban J connectivity index is 1.68. The first kappa shape index (κ1) is 23.1. The molecule has 2 aromatic carbocycles. The van der Waals surface area contributed by atoms with Gasteiger partial charge in [-0.2, -0.15) is 4.31 Å². The number of carbonyl (C=O) groups is 2. The van der Waals surface area contributed by atoms with Crippen molar-refractivity contribution in [1.82, 2.24) is 14.6 Å². The van der Waals surface area contributed by atoms with Crippen molar-refractivity contribution in [3.05, 3.63) is 95.8 Å². The molecule has 3 aromatic rings. The van der Waals surface area contributed by atoms with Crippen LogP contribution in [0.25, 0.3) is 0 Å². The number of para-hydroxylation sites is 1. The van der Waals surface area contributed by atoms with Crippen LogP contribution in [0, 0.1) is 0 Å². The van der Waals surface area contributed by atoms with Crippen LogP contribution in [0.15, 0.2) is 79.1 Å². The summed E-state index contributed by atoms with van der Waals surface area (Å²) in [6, 6.07) is 19.2. The molecule has 0 saturated heterocycles. The van der Waals surface area contributed by atoms with Gasteiger partial charge < -0.3 is 10.6 Å². The van der Waals surface area contributed by atoms with E-state index >= 15 is 0 Å². The average Bonchev–Trinajstić information content (AvgIpc) is 2.78. The highest BCUT2D eigenvalue weighted by Crippen LogP contribution is 2.16. The summed E-state index contributed by atoms with van der Waals surface area (Å²) in [5, 5.41) is 5.45. The molecule has 1 heterocycles. The highest BCUT2D eigenvalue weighted by molar-refractivity contribution is 7.88. The van der Waals surface area contributed by atoms with Crippen LogP contribution in [0.3, 0.4) is 0 Å². The molecule has 0 saturated carbocycles. The van der Waals surface area contributed by atoms with Crippen molar-refractivity contribution in [2.24, 2.45) is 0 Å². The first-order chi connectivity index (χ1) is 15.3. The Bertz CT molecular complexity index is 1170. The van der Waals surface area contributed by atoms with E-state index < -0.39 is 15.9 Å². The molecule has 0 unspecified atom stereocenters. The fourth-order valence-corrected chi connectivity index (χ4v) is 3.73. The van der Waals surface area contributed by atoms with Crippen LogP contribution in [0.2, 0.25) is 0 Å². The van der Waals surface area contributed by atoms with Gasteiger partial charge in [-0.25, -0.2) is 8.42 Å². The minimum Gasteiger partial charge on any atom is -0.348 e. The largest absolute Gasteiger partial charge is 0.348 e. The van der Waals surface area contributed by atoms with Crippen LogP contribution in [0.4, 0.5) is 5.69 Å². The zero-order valence-electron chi connectivity index (χ0n) is 17.6. The fourth-order valence-electron chi connectivity index (χ4n) is 3.00. The number of anilines is 1. The van der Waals surface area contributed by atoms with Crippen LogP contribution >= 0.6 is 0 Å². The second-order valence-electron chi connectivity index (χ2n) is 7.15.